The van der Waals surface area contributed by atoms with Gasteiger partial charge in [-0.05, 0) is 86.6 Å². The van der Waals surface area contributed by atoms with Crippen molar-refractivity contribution in [2.24, 2.45) is 0 Å². The fourth-order valence-electron chi connectivity index (χ4n) is 4.12. The summed E-state index contributed by atoms with van der Waals surface area (Å²) in [4.78, 5) is 26.1. The lowest BCUT2D eigenvalue weighted by molar-refractivity contribution is -0.118. The number of halogens is 2. The molecule has 1 atom stereocenters. The second-order valence-electron chi connectivity index (χ2n) is 8.67. The second-order valence-corrected chi connectivity index (χ2v) is 11.0. The van der Waals surface area contributed by atoms with Crippen LogP contribution in [0.1, 0.15) is 11.1 Å². The highest BCUT2D eigenvalue weighted by Gasteiger charge is 2.24. The Morgan fingerprint density at radius 3 is 2.29 bits per heavy atom. The van der Waals surface area contributed by atoms with Gasteiger partial charge in [-0.1, -0.05) is 48.5 Å². The summed E-state index contributed by atoms with van der Waals surface area (Å²) >= 11 is 4.08. The third kappa shape index (κ3) is 6.04. The first-order valence-electron chi connectivity index (χ1n) is 11.7. The second kappa shape index (κ2) is 11.6. The number of aromatic hydroxyl groups is 1. The molecule has 0 radical (unpaired) electrons. The average molecular weight is 732 g/mol. The van der Waals surface area contributed by atoms with Gasteiger partial charge in [-0.25, -0.2) is 4.79 Å². The Hall–Kier alpha value is -3.32. The van der Waals surface area contributed by atoms with Crippen molar-refractivity contribution in [1.29, 1.82) is 0 Å². The summed E-state index contributed by atoms with van der Waals surface area (Å²) in [7, 11) is 0. The van der Waals surface area contributed by atoms with Gasteiger partial charge in [0.1, 0.15) is 29.6 Å². The number of hydrogen-bond acceptors (Lipinski definition) is 5. The molecule has 0 bridgehead atoms. The predicted octanol–water partition coefficient (Wildman–Crippen LogP) is 6.98. The molecule has 5 aromatic rings. The number of nitrogens with one attached hydrogen (secondary N) is 2. The molecule has 0 aliphatic rings. The van der Waals surface area contributed by atoms with Gasteiger partial charge in [-0.15, -0.1) is 0 Å². The van der Waals surface area contributed by atoms with Crippen LogP contribution < -0.4 is 10.6 Å². The zero-order chi connectivity index (χ0) is 26.6. The molecule has 9 heteroatoms. The van der Waals surface area contributed by atoms with Crippen molar-refractivity contribution in [2.75, 3.05) is 5.32 Å². The van der Waals surface area contributed by atoms with Gasteiger partial charge in [0.2, 0.25) is 5.91 Å². The molecule has 0 spiro atoms. The van der Waals surface area contributed by atoms with Crippen LogP contribution in [0.3, 0.4) is 0 Å². The zero-order valence-corrected chi connectivity index (χ0v) is 24.2. The molecule has 2 amide bonds. The first-order chi connectivity index (χ1) is 18.4. The highest BCUT2D eigenvalue weighted by molar-refractivity contribution is 14.1. The summed E-state index contributed by atoms with van der Waals surface area (Å²) in [5.74, 6) is -0.222. The van der Waals surface area contributed by atoms with E-state index in [2.05, 4.69) is 10.6 Å². The monoisotopic (exact) mass is 732 g/mol. The van der Waals surface area contributed by atoms with Crippen LogP contribution in [0.15, 0.2) is 89.3 Å². The number of para-hydroxylation sites is 1. The molecular weight excluding hydrogens is 710 g/mol. The first kappa shape index (κ1) is 26.3. The molecular formula is C29H22I2N2O5. The molecule has 38 heavy (non-hydrogen) atoms. The topological polar surface area (TPSA) is 101 Å². The summed E-state index contributed by atoms with van der Waals surface area (Å²) in [6.45, 7) is 0.0821. The fourth-order valence-corrected chi connectivity index (χ4v) is 6.02. The quantitative estimate of drug-likeness (QED) is 0.157. The summed E-state index contributed by atoms with van der Waals surface area (Å²) in [6.07, 6.45) is -0.504. The maximum absolute atomic E-state index is 13.4. The number of amides is 2. The van der Waals surface area contributed by atoms with Gasteiger partial charge in [0, 0.05) is 28.9 Å². The Kier molecular flexibility index (Phi) is 8.03. The van der Waals surface area contributed by atoms with Crippen molar-refractivity contribution in [2.45, 2.75) is 19.1 Å². The number of anilines is 1. The minimum absolute atomic E-state index is 0.0821. The van der Waals surface area contributed by atoms with Gasteiger partial charge < -0.3 is 24.9 Å². The molecule has 7 nitrogen and oxygen atoms in total. The number of carbonyl (C=O) groups is 2. The van der Waals surface area contributed by atoms with Gasteiger partial charge in [-0.2, -0.15) is 0 Å². The lowest BCUT2D eigenvalue weighted by Crippen LogP contribution is -2.45. The number of furan rings is 1. The zero-order valence-electron chi connectivity index (χ0n) is 19.9. The molecule has 0 aliphatic heterocycles. The minimum atomic E-state index is -0.930. The third-order valence-electron chi connectivity index (χ3n) is 5.98. The van der Waals surface area contributed by atoms with E-state index in [0.717, 1.165) is 27.5 Å². The SMILES string of the molecule is O=C(N[C@H](Cc1cc(I)c(O)c(I)c1)C(=O)Nc1ccc2c(c1)oc1ccccc12)OCc1ccccc1. The molecule has 0 aliphatic carbocycles. The molecule has 0 fully saturated rings. The Morgan fingerprint density at radius 1 is 0.842 bits per heavy atom. The van der Waals surface area contributed by atoms with E-state index in [1.807, 2.05) is 106 Å². The van der Waals surface area contributed by atoms with Crippen LogP contribution in [0.4, 0.5) is 10.5 Å². The van der Waals surface area contributed by atoms with E-state index in [1.165, 1.54) is 0 Å². The van der Waals surface area contributed by atoms with E-state index in [9.17, 15) is 14.7 Å². The van der Waals surface area contributed by atoms with Crippen molar-refractivity contribution >= 4 is 84.8 Å². The van der Waals surface area contributed by atoms with Gasteiger partial charge in [0.15, 0.2) is 0 Å². The molecule has 4 aromatic carbocycles. The standard InChI is InChI=1S/C29H22I2N2O5/c30-22-12-18(13-23(31)27(22)34)14-24(33-29(36)37-16-17-6-2-1-3-7-17)28(35)32-19-10-11-21-20-8-4-5-9-25(20)38-26(21)15-19/h1-13,15,24,34H,14,16H2,(H,32,35)(H,33,36)/t24-/m1/s1. The van der Waals surface area contributed by atoms with Gasteiger partial charge in [0.05, 0.1) is 7.14 Å². The van der Waals surface area contributed by atoms with E-state index in [4.69, 9.17) is 9.15 Å². The molecule has 3 N–H and O–H groups in total. The molecule has 192 valence electrons. The summed E-state index contributed by atoms with van der Waals surface area (Å²) in [6, 6.07) is 25.2. The van der Waals surface area contributed by atoms with Crippen molar-refractivity contribution < 1.29 is 23.8 Å². The Bertz CT molecular complexity index is 1610. The first-order valence-corrected chi connectivity index (χ1v) is 13.9. The third-order valence-corrected chi connectivity index (χ3v) is 7.63. The van der Waals surface area contributed by atoms with E-state index in [1.54, 1.807) is 24.3 Å². The molecule has 0 saturated carbocycles. The maximum Gasteiger partial charge on any atom is 0.408 e. The number of alkyl carbamates (subject to hydrolysis) is 1. The number of ether oxygens (including phenoxy) is 1. The van der Waals surface area contributed by atoms with E-state index in [-0.39, 0.29) is 18.8 Å². The number of rotatable bonds is 7. The van der Waals surface area contributed by atoms with Crippen LogP contribution in [0.25, 0.3) is 21.9 Å². The molecule has 0 saturated heterocycles. The van der Waals surface area contributed by atoms with Crippen LogP contribution in [0, 0.1) is 7.14 Å². The predicted molar refractivity (Wildman–Crippen MR) is 163 cm³/mol. The summed E-state index contributed by atoms with van der Waals surface area (Å²) < 4.78 is 12.6. The molecule has 0 unspecified atom stereocenters. The van der Waals surface area contributed by atoms with E-state index >= 15 is 0 Å². The van der Waals surface area contributed by atoms with Crippen LogP contribution >= 0.6 is 45.2 Å². The number of fused-ring (bicyclic) bond motifs is 3. The van der Waals surface area contributed by atoms with Gasteiger partial charge in [0.25, 0.3) is 0 Å². The van der Waals surface area contributed by atoms with Crippen LogP contribution in [0.2, 0.25) is 0 Å². The maximum atomic E-state index is 13.4. The number of phenolic OH excluding ortho intramolecular Hbond substituents is 1. The van der Waals surface area contributed by atoms with Crippen molar-refractivity contribution in [3.05, 3.63) is 103 Å². The Labute approximate surface area is 245 Å². The number of hydrogen-bond donors (Lipinski definition) is 3. The summed E-state index contributed by atoms with van der Waals surface area (Å²) in [5.41, 5.74) is 3.58. The number of phenols is 1. The normalized spacial score (nSPS) is 11.8. The van der Waals surface area contributed by atoms with Crippen molar-refractivity contribution in [1.82, 2.24) is 5.32 Å². The van der Waals surface area contributed by atoms with Crippen molar-refractivity contribution in [3.63, 3.8) is 0 Å². The fraction of sp³-hybridized carbons (Fsp3) is 0.103. The lowest BCUT2D eigenvalue weighted by atomic mass is 10.0. The van der Waals surface area contributed by atoms with Crippen LogP contribution in [-0.2, 0) is 22.6 Å². The average Bonchev–Trinajstić information content (AvgIpc) is 3.28. The van der Waals surface area contributed by atoms with Crippen molar-refractivity contribution in [3.8, 4) is 5.75 Å². The van der Waals surface area contributed by atoms with Crippen LogP contribution in [-0.4, -0.2) is 23.1 Å². The molecule has 1 aromatic heterocycles. The Balaban J connectivity index is 1.36. The molecule has 5 rings (SSSR count). The van der Waals surface area contributed by atoms with Gasteiger partial charge >= 0.3 is 6.09 Å². The van der Waals surface area contributed by atoms with Crippen LogP contribution in [0.5, 0.6) is 5.75 Å². The smallest absolute Gasteiger partial charge is 0.408 e. The lowest BCUT2D eigenvalue weighted by Gasteiger charge is -2.19. The Morgan fingerprint density at radius 2 is 1.53 bits per heavy atom. The summed E-state index contributed by atoms with van der Waals surface area (Å²) in [5, 5.41) is 17.7. The molecule has 1 heterocycles. The number of carbonyl (C=O) groups excluding carboxylic acids is 2. The van der Waals surface area contributed by atoms with Gasteiger partial charge in [-0.3, -0.25) is 4.79 Å². The van der Waals surface area contributed by atoms with E-state index in [0.29, 0.717) is 18.4 Å². The largest absolute Gasteiger partial charge is 0.506 e. The number of benzene rings is 4. The van der Waals surface area contributed by atoms with E-state index < -0.39 is 18.0 Å². The highest BCUT2D eigenvalue weighted by atomic mass is 127. The minimum Gasteiger partial charge on any atom is -0.506 e. The highest BCUT2D eigenvalue weighted by Crippen LogP contribution is 2.31.